The summed E-state index contributed by atoms with van der Waals surface area (Å²) in [6.07, 6.45) is 1.17. The van der Waals surface area contributed by atoms with Crippen molar-refractivity contribution in [3.05, 3.63) is 39.5 Å². The number of aliphatic hydroxyl groups excluding tert-OH is 1. The van der Waals surface area contributed by atoms with Crippen LogP contribution < -0.4 is 4.74 Å². The quantitative estimate of drug-likeness (QED) is 0.666. The fraction of sp³-hybridized carbons (Fsp3) is 0.400. The molecule has 0 amide bonds. The molecule has 6 nitrogen and oxygen atoms in total. The number of ketones is 2. The predicted molar refractivity (Wildman–Crippen MR) is 92.7 cm³/mol. The number of ether oxygens (including phenoxy) is 1. The smallest absolute Gasteiger partial charge is 0.190 e. The molecule has 1 heterocycles. The molecule has 0 saturated heterocycles. The van der Waals surface area contributed by atoms with Gasteiger partial charge >= 0.3 is 0 Å². The van der Waals surface area contributed by atoms with Crippen LogP contribution in [0, 0.1) is 0 Å². The second kappa shape index (κ2) is 5.20. The summed E-state index contributed by atoms with van der Waals surface area (Å²) < 4.78 is 5.58. The number of carbonyl (C=O) groups is 2. The van der Waals surface area contributed by atoms with E-state index in [9.17, 15) is 24.9 Å². The van der Waals surface area contributed by atoms with Gasteiger partial charge in [-0.3, -0.25) is 9.59 Å². The Hall–Kier alpha value is -2.60. The third-order valence-electron chi connectivity index (χ3n) is 5.99. The van der Waals surface area contributed by atoms with Gasteiger partial charge < -0.3 is 20.1 Å². The predicted octanol–water partition coefficient (Wildman–Crippen LogP) is 2.08. The minimum absolute atomic E-state index is 0.0230. The third-order valence-corrected chi connectivity index (χ3v) is 5.99. The van der Waals surface area contributed by atoms with Crippen molar-refractivity contribution in [3.8, 4) is 17.2 Å². The second-order valence-electron chi connectivity index (χ2n) is 7.49. The number of Topliss-reactive ketones (excluding diaryl/α,β-unsaturated/α-hetero) is 1. The van der Waals surface area contributed by atoms with Crippen LogP contribution in [-0.2, 0) is 16.6 Å². The van der Waals surface area contributed by atoms with Crippen LogP contribution >= 0.6 is 0 Å². The molecule has 136 valence electrons. The highest BCUT2D eigenvalue weighted by Gasteiger charge is 2.49. The Morgan fingerprint density at radius 3 is 2.54 bits per heavy atom. The number of benzene rings is 1. The number of carbonyl (C=O) groups excluding carboxylic acids is 2. The van der Waals surface area contributed by atoms with Gasteiger partial charge in [0.2, 0.25) is 0 Å². The standard InChI is InChI=1S/C20H20O6/c1-8-9(2)14(23)6-20(3)12(8)5-13(22)15-16(20)18(25)19-11(17(15)24)4-10(7-21)26-19/h5,10,21,24-25H,4,6-7H2,1-3H3/t10-,20+/m1/s1. The lowest BCUT2D eigenvalue weighted by Gasteiger charge is -2.41. The van der Waals surface area contributed by atoms with E-state index < -0.39 is 17.3 Å². The highest BCUT2D eigenvalue weighted by molar-refractivity contribution is 6.13. The van der Waals surface area contributed by atoms with Gasteiger partial charge in [-0.15, -0.1) is 0 Å². The van der Waals surface area contributed by atoms with Crippen molar-refractivity contribution in [3.63, 3.8) is 0 Å². The number of phenolic OH excluding ortho intramolecular Hbond substituents is 2. The first-order valence-corrected chi connectivity index (χ1v) is 8.57. The Kier molecular flexibility index (Phi) is 3.37. The largest absolute Gasteiger partial charge is 0.507 e. The molecule has 0 aromatic heterocycles. The van der Waals surface area contributed by atoms with Crippen LogP contribution in [0.2, 0.25) is 0 Å². The van der Waals surface area contributed by atoms with Gasteiger partial charge in [-0.2, -0.15) is 0 Å². The van der Waals surface area contributed by atoms with E-state index in [4.69, 9.17) is 4.74 Å². The van der Waals surface area contributed by atoms with Crippen molar-refractivity contribution >= 4 is 11.6 Å². The molecule has 0 fully saturated rings. The van der Waals surface area contributed by atoms with Crippen LogP contribution in [0.3, 0.4) is 0 Å². The van der Waals surface area contributed by atoms with Gasteiger partial charge in [-0.05, 0) is 36.6 Å². The van der Waals surface area contributed by atoms with Crippen LogP contribution in [0.5, 0.6) is 17.2 Å². The monoisotopic (exact) mass is 356 g/mol. The van der Waals surface area contributed by atoms with Gasteiger partial charge in [0.15, 0.2) is 23.1 Å². The normalized spacial score (nSPS) is 26.9. The maximum Gasteiger partial charge on any atom is 0.190 e. The van der Waals surface area contributed by atoms with Crippen LogP contribution in [0.15, 0.2) is 22.8 Å². The number of allylic oxidation sites excluding steroid dienone is 4. The van der Waals surface area contributed by atoms with Gasteiger partial charge in [0.1, 0.15) is 11.9 Å². The maximum absolute atomic E-state index is 12.8. The minimum Gasteiger partial charge on any atom is -0.507 e. The molecule has 3 N–H and O–H groups in total. The number of aromatic hydroxyl groups is 2. The van der Waals surface area contributed by atoms with Crippen molar-refractivity contribution < 1.29 is 29.6 Å². The zero-order valence-electron chi connectivity index (χ0n) is 14.8. The van der Waals surface area contributed by atoms with Gasteiger partial charge in [0.05, 0.1) is 12.2 Å². The molecular formula is C20H20O6. The zero-order chi connectivity index (χ0) is 19.0. The molecule has 0 saturated carbocycles. The van der Waals surface area contributed by atoms with Crippen LogP contribution in [0.4, 0.5) is 0 Å². The van der Waals surface area contributed by atoms with Gasteiger partial charge in [0.25, 0.3) is 0 Å². The SMILES string of the molecule is CC1=C(C)C2=CC(=O)c3c(O)c4c(c(O)c3[C@@]2(C)CC1=O)O[C@@H](CO)C4. The van der Waals surface area contributed by atoms with E-state index in [1.54, 1.807) is 20.8 Å². The lowest BCUT2D eigenvalue weighted by atomic mass is 9.61. The van der Waals surface area contributed by atoms with E-state index in [1.165, 1.54) is 6.08 Å². The zero-order valence-corrected chi connectivity index (χ0v) is 14.8. The minimum atomic E-state index is -0.929. The van der Waals surface area contributed by atoms with E-state index in [-0.39, 0.29) is 53.6 Å². The Morgan fingerprint density at radius 2 is 1.88 bits per heavy atom. The van der Waals surface area contributed by atoms with Crippen molar-refractivity contribution in [2.24, 2.45) is 0 Å². The Labute approximate surface area is 150 Å². The molecule has 3 aliphatic rings. The molecule has 0 bridgehead atoms. The molecule has 0 radical (unpaired) electrons. The Balaban J connectivity index is 2.04. The van der Waals surface area contributed by atoms with Crippen LogP contribution in [-0.4, -0.2) is 39.6 Å². The third kappa shape index (κ3) is 1.90. The highest BCUT2D eigenvalue weighted by atomic mass is 16.5. The molecule has 0 spiro atoms. The number of aliphatic hydroxyl groups is 1. The average Bonchev–Trinajstić information content (AvgIpc) is 3.04. The molecule has 1 aromatic carbocycles. The van der Waals surface area contributed by atoms with E-state index in [1.807, 2.05) is 0 Å². The van der Waals surface area contributed by atoms with Crippen molar-refractivity contribution in [2.75, 3.05) is 6.61 Å². The highest BCUT2D eigenvalue weighted by Crippen LogP contribution is 2.57. The first-order chi connectivity index (χ1) is 12.2. The molecule has 6 heteroatoms. The summed E-state index contributed by atoms with van der Waals surface area (Å²) in [7, 11) is 0. The molecule has 1 aromatic rings. The summed E-state index contributed by atoms with van der Waals surface area (Å²) in [6, 6.07) is 0. The summed E-state index contributed by atoms with van der Waals surface area (Å²) in [6.45, 7) is 5.04. The number of hydrogen-bond donors (Lipinski definition) is 3. The molecule has 2 atom stereocenters. The van der Waals surface area contributed by atoms with Gasteiger partial charge in [-0.1, -0.05) is 6.92 Å². The maximum atomic E-state index is 12.8. The second-order valence-corrected chi connectivity index (χ2v) is 7.49. The average molecular weight is 356 g/mol. The summed E-state index contributed by atoms with van der Waals surface area (Å²) in [5, 5.41) is 31.0. The van der Waals surface area contributed by atoms with E-state index in [2.05, 4.69) is 0 Å². The number of hydrogen-bond acceptors (Lipinski definition) is 6. The topological polar surface area (TPSA) is 104 Å². The summed E-state index contributed by atoms with van der Waals surface area (Å²) >= 11 is 0. The van der Waals surface area contributed by atoms with Gasteiger partial charge in [-0.25, -0.2) is 0 Å². The van der Waals surface area contributed by atoms with Crippen molar-refractivity contribution in [2.45, 2.75) is 45.1 Å². The van der Waals surface area contributed by atoms with Gasteiger partial charge in [0, 0.05) is 29.4 Å². The van der Waals surface area contributed by atoms with Crippen LogP contribution in [0.25, 0.3) is 0 Å². The Morgan fingerprint density at radius 1 is 1.19 bits per heavy atom. The number of rotatable bonds is 1. The molecule has 1 aliphatic heterocycles. The first-order valence-electron chi connectivity index (χ1n) is 8.57. The fourth-order valence-corrected chi connectivity index (χ4v) is 4.45. The summed E-state index contributed by atoms with van der Waals surface area (Å²) in [5.74, 6) is -0.841. The molecule has 2 aliphatic carbocycles. The Bertz CT molecular complexity index is 952. The van der Waals surface area contributed by atoms with E-state index in [0.29, 0.717) is 16.7 Å². The summed E-state index contributed by atoms with van der Waals surface area (Å²) in [4.78, 5) is 25.3. The lowest BCUT2D eigenvalue weighted by molar-refractivity contribution is -0.116. The number of phenols is 2. The lowest BCUT2D eigenvalue weighted by Crippen LogP contribution is -2.38. The molecular weight excluding hydrogens is 336 g/mol. The summed E-state index contributed by atoms with van der Waals surface area (Å²) in [5.41, 5.74) is 1.65. The molecule has 4 rings (SSSR count). The van der Waals surface area contributed by atoms with Crippen molar-refractivity contribution in [1.82, 2.24) is 0 Å². The van der Waals surface area contributed by atoms with Crippen LogP contribution in [0.1, 0.15) is 48.7 Å². The van der Waals surface area contributed by atoms with E-state index in [0.717, 1.165) is 5.57 Å². The fourth-order valence-electron chi connectivity index (χ4n) is 4.45. The molecule has 0 unspecified atom stereocenters. The first kappa shape index (κ1) is 16.8. The van der Waals surface area contributed by atoms with Crippen molar-refractivity contribution in [1.29, 1.82) is 0 Å². The van der Waals surface area contributed by atoms with E-state index >= 15 is 0 Å². The number of fused-ring (bicyclic) bond motifs is 4. The molecule has 26 heavy (non-hydrogen) atoms.